The highest BCUT2D eigenvalue weighted by Gasteiger charge is 2.26. The highest BCUT2D eigenvalue weighted by atomic mass is 16.5. The number of carbonyl (C=O) groups excluding carboxylic acids is 2. The molecule has 2 amide bonds. The fraction of sp³-hybridized carbons (Fsp3) is 0.393. The first-order valence-electron chi connectivity index (χ1n) is 12.5. The molecular weight excluding hydrogens is 454 g/mol. The van der Waals surface area contributed by atoms with Crippen LogP contribution in [0.4, 0.5) is 0 Å². The molecule has 8 nitrogen and oxygen atoms in total. The average Bonchev–Trinajstić information content (AvgIpc) is 3.46. The Kier molecular flexibility index (Phi) is 6.78. The van der Waals surface area contributed by atoms with Gasteiger partial charge in [0.1, 0.15) is 0 Å². The number of piperidine rings is 1. The molecule has 1 saturated heterocycles. The highest BCUT2D eigenvalue weighted by Crippen LogP contribution is 2.26. The SMILES string of the molecule is COCCNC(=O)c1ccc2nn(CC3CCN(C(=O)c4cn(C)c5ccccc45)CC3)cc2c1C. The fourth-order valence-electron chi connectivity index (χ4n) is 5.25. The quantitative estimate of drug-likeness (QED) is 0.403. The van der Waals surface area contributed by atoms with Crippen molar-refractivity contribution in [2.75, 3.05) is 33.4 Å². The molecule has 1 fully saturated rings. The summed E-state index contributed by atoms with van der Waals surface area (Å²) in [5.41, 5.74) is 4.35. The van der Waals surface area contributed by atoms with Crippen molar-refractivity contribution < 1.29 is 14.3 Å². The van der Waals surface area contributed by atoms with Gasteiger partial charge in [-0.3, -0.25) is 14.3 Å². The number of amides is 2. The lowest BCUT2D eigenvalue weighted by atomic mass is 9.96. The van der Waals surface area contributed by atoms with Crippen LogP contribution in [-0.2, 0) is 18.3 Å². The Hall–Kier alpha value is -3.65. The molecule has 0 radical (unpaired) electrons. The van der Waals surface area contributed by atoms with Gasteiger partial charge in [-0.2, -0.15) is 5.10 Å². The average molecular weight is 488 g/mol. The van der Waals surface area contributed by atoms with Crippen molar-refractivity contribution in [2.24, 2.45) is 13.0 Å². The van der Waals surface area contributed by atoms with Gasteiger partial charge >= 0.3 is 0 Å². The van der Waals surface area contributed by atoms with Gasteiger partial charge < -0.3 is 19.5 Å². The van der Waals surface area contributed by atoms with Gasteiger partial charge in [-0.15, -0.1) is 0 Å². The Balaban J connectivity index is 1.23. The van der Waals surface area contributed by atoms with Gasteiger partial charge in [0.2, 0.25) is 0 Å². The number of aryl methyl sites for hydroxylation is 2. The molecule has 1 N–H and O–H groups in total. The smallest absolute Gasteiger partial charge is 0.256 e. The molecule has 36 heavy (non-hydrogen) atoms. The number of hydrogen-bond acceptors (Lipinski definition) is 4. The van der Waals surface area contributed by atoms with Crippen LogP contribution in [0.5, 0.6) is 0 Å². The van der Waals surface area contributed by atoms with E-state index < -0.39 is 0 Å². The Morgan fingerprint density at radius 2 is 1.83 bits per heavy atom. The van der Waals surface area contributed by atoms with E-state index in [1.807, 2.05) is 76.9 Å². The first-order valence-corrected chi connectivity index (χ1v) is 12.5. The zero-order valence-electron chi connectivity index (χ0n) is 21.2. The number of para-hydroxylation sites is 1. The summed E-state index contributed by atoms with van der Waals surface area (Å²) in [5.74, 6) is 0.470. The van der Waals surface area contributed by atoms with Crippen molar-refractivity contribution in [3.8, 4) is 0 Å². The van der Waals surface area contributed by atoms with Gasteiger partial charge in [0, 0.05) is 74.6 Å². The van der Waals surface area contributed by atoms with E-state index in [1.165, 1.54) is 0 Å². The van der Waals surface area contributed by atoms with Crippen molar-refractivity contribution in [1.29, 1.82) is 0 Å². The topological polar surface area (TPSA) is 81.4 Å². The molecule has 0 unspecified atom stereocenters. The number of nitrogens with zero attached hydrogens (tertiary/aromatic N) is 4. The van der Waals surface area contributed by atoms with Gasteiger partial charge in [-0.1, -0.05) is 18.2 Å². The third-order valence-corrected chi connectivity index (χ3v) is 7.32. The maximum Gasteiger partial charge on any atom is 0.256 e. The molecule has 0 spiro atoms. The van der Waals surface area contributed by atoms with Crippen LogP contribution in [0.2, 0.25) is 0 Å². The molecule has 3 heterocycles. The normalized spacial score (nSPS) is 14.6. The zero-order valence-corrected chi connectivity index (χ0v) is 21.2. The minimum absolute atomic E-state index is 0.0950. The molecule has 2 aromatic carbocycles. The maximum absolute atomic E-state index is 13.3. The molecule has 5 rings (SSSR count). The van der Waals surface area contributed by atoms with E-state index >= 15 is 0 Å². The number of rotatable bonds is 7. The molecule has 0 atom stereocenters. The van der Waals surface area contributed by atoms with Crippen LogP contribution in [0.25, 0.3) is 21.8 Å². The summed E-state index contributed by atoms with van der Waals surface area (Å²) >= 11 is 0. The first kappa shape index (κ1) is 24.1. The Morgan fingerprint density at radius 3 is 2.61 bits per heavy atom. The highest BCUT2D eigenvalue weighted by molar-refractivity contribution is 6.07. The molecule has 0 bridgehead atoms. The summed E-state index contributed by atoms with van der Waals surface area (Å²) < 4.78 is 9.03. The van der Waals surface area contributed by atoms with E-state index in [0.29, 0.717) is 24.6 Å². The second-order valence-corrected chi connectivity index (χ2v) is 9.68. The van der Waals surface area contributed by atoms with Crippen LogP contribution >= 0.6 is 0 Å². The second kappa shape index (κ2) is 10.1. The van der Waals surface area contributed by atoms with Gasteiger partial charge in [0.05, 0.1) is 17.7 Å². The van der Waals surface area contributed by atoms with Crippen molar-refractivity contribution in [3.05, 3.63) is 65.5 Å². The minimum Gasteiger partial charge on any atom is -0.383 e. The Morgan fingerprint density at radius 1 is 1.06 bits per heavy atom. The summed E-state index contributed by atoms with van der Waals surface area (Å²) in [6, 6.07) is 11.8. The van der Waals surface area contributed by atoms with Crippen LogP contribution in [-0.4, -0.2) is 64.4 Å². The Bertz CT molecular complexity index is 1410. The van der Waals surface area contributed by atoms with E-state index in [-0.39, 0.29) is 11.8 Å². The predicted molar refractivity (Wildman–Crippen MR) is 140 cm³/mol. The summed E-state index contributed by atoms with van der Waals surface area (Å²) in [6.45, 7) is 5.23. The second-order valence-electron chi connectivity index (χ2n) is 9.68. The number of likely N-dealkylation sites (tertiary alicyclic amines) is 1. The van der Waals surface area contributed by atoms with Gasteiger partial charge in [0.15, 0.2) is 0 Å². The number of hydrogen-bond donors (Lipinski definition) is 1. The number of carbonyl (C=O) groups is 2. The van der Waals surface area contributed by atoms with E-state index in [9.17, 15) is 9.59 Å². The third kappa shape index (κ3) is 4.60. The lowest BCUT2D eigenvalue weighted by Crippen LogP contribution is -2.39. The molecule has 4 aromatic rings. The molecule has 1 aliphatic heterocycles. The van der Waals surface area contributed by atoms with Crippen LogP contribution in [0.1, 0.15) is 39.1 Å². The fourth-order valence-corrected chi connectivity index (χ4v) is 5.25. The van der Waals surface area contributed by atoms with Gasteiger partial charge in [-0.05, 0) is 49.4 Å². The monoisotopic (exact) mass is 487 g/mol. The lowest BCUT2D eigenvalue weighted by Gasteiger charge is -2.32. The predicted octanol–water partition coefficient (Wildman–Crippen LogP) is 3.77. The number of nitrogens with one attached hydrogen (secondary N) is 1. The number of aromatic nitrogens is 3. The van der Waals surface area contributed by atoms with Gasteiger partial charge in [0.25, 0.3) is 11.8 Å². The van der Waals surface area contributed by atoms with Crippen LogP contribution in [0.3, 0.4) is 0 Å². The van der Waals surface area contributed by atoms with Crippen molar-refractivity contribution in [1.82, 2.24) is 24.6 Å². The maximum atomic E-state index is 13.3. The Labute approximate surface area is 210 Å². The molecule has 0 saturated carbocycles. The van der Waals surface area contributed by atoms with Crippen molar-refractivity contribution in [2.45, 2.75) is 26.3 Å². The summed E-state index contributed by atoms with van der Waals surface area (Å²) in [6.07, 6.45) is 5.88. The molecular formula is C28H33N5O3. The summed E-state index contributed by atoms with van der Waals surface area (Å²) in [4.78, 5) is 27.8. The number of benzene rings is 2. The largest absolute Gasteiger partial charge is 0.383 e. The molecule has 0 aliphatic carbocycles. The minimum atomic E-state index is -0.0950. The number of methoxy groups -OCH3 is 1. The van der Waals surface area contributed by atoms with Crippen LogP contribution in [0.15, 0.2) is 48.8 Å². The zero-order chi connectivity index (χ0) is 25.2. The van der Waals surface area contributed by atoms with Crippen molar-refractivity contribution >= 4 is 33.6 Å². The van der Waals surface area contributed by atoms with Crippen LogP contribution < -0.4 is 5.32 Å². The molecule has 1 aliphatic rings. The standard InChI is InChI=1S/C28H33N5O3/c1-19-21(27(34)29-12-15-36-3)8-9-25-23(19)18-33(30-25)16-20-10-13-32(14-11-20)28(35)24-17-31(2)26-7-5-4-6-22(24)26/h4-9,17-18,20H,10-16H2,1-3H3,(H,29,34). The van der Waals surface area contributed by atoms with E-state index in [1.54, 1.807) is 7.11 Å². The first-order chi connectivity index (χ1) is 17.5. The van der Waals surface area contributed by atoms with Gasteiger partial charge in [-0.25, -0.2) is 0 Å². The summed E-state index contributed by atoms with van der Waals surface area (Å²) in [7, 11) is 3.60. The lowest BCUT2D eigenvalue weighted by molar-refractivity contribution is 0.0683. The van der Waals surface area contributed by atoms with E-state index in [2.05, 4.69) is 5.32 Å². The molecule has 2 aromatic heterocycles. The number of fused-ring (bicyclic) bond motifs is 2. The third-order valence-electron chi connectivity index (χ3n) is 7.32. The van der Waals surface area contributed by atoms with E-state index in [0.717, 1.165) is 65.4 Å². The molecule has 188 valence electrons. The molecule has 8 heteroatoms. The van der Waals surface area contributed by atoms with Crippen molar-refractivity contribution in [3.63, 3.8) is 0 Å². The number of ether oxygens (including phenoxy) is 1. The summed E-state index contributed by atoms with van der Waals surface area (Å²) in [5, 5.41) is 9.66. The van der Waals surface area contributed by atoms with Crippen LogP contribution in [0, 0.1) is 12.8 Å². The van der Waals surface area contributed by atoms with E-state index in [4.69, 9.17) is 9.84 Å².